The largest absolute Gasteiger partial charge is 0.493 e. The van der Waals surface area contributed by atoms with E-state index in [2.05, 4.69) is 10.2 Å². The lowest BCUT2D eigenvalue weighted by atomic mass is 10.2. The van der Waals surface area contributed by atoms with Crippen LogP contribution >= 0.6 is 0 Å². The van der Waals surface area contributed by atoms with Gasteiger partial charge in [0.05, 0.1) is 12.1 Å². The number of carbonyl (C=O) groups excluding carboxylic acids is 1. The average molecular weight is 444 g/mol. The van der Waals surface area contributed by atoms with E-state index in [-0.39, 0.29) is 18.2 Å². The number of hydrogen-bond donors (Lipinski definition) is 1. The van der Waals surface area contributed by atoms with Crippen LogP contribution in [0.4, 0.5) is 5.69 Å². The molecule has 4 aromatic rings. The van der Waals surface area contributed by atoms with E-state index in [1.54, 1.807) is 16.7 Å². The number of azo groups is 1. The van der Waals surface area contributed by atoms with Crippen molar-refractivity contribution in [1.29, 1.82) is 0 Å². The molecule has 0 aliphatic heterocycles. The number of hydrogen-bond acceptors (Lipinski definition) is 5. The Morgan fingerprint density at radius 2 is 1.67 bits per heavy atom. The van der Waals surface area contributed by atoms with Crippen LogP contribution in [0.2, 0.25) is 0 Å². The van der Waals surface area contributed by atoms with Gasteiger partial charge in [0.15, 0.2) is 12.3 Å². The quantitative estimate of drug-likeness (QED) is 0.261. The predicted molar refractivity (Wildman–Crippen MR) is 126 cm³/mol. The summed E-state index contributed by atoms with van der Waals surface area (Å²) in [5, 5.41) is 19.3. The lowest BCUT2D eigenvalue weighted by Crippen LogP contribution is -2.07. The maximum atomic E-state index is 12.1. The van der Waals surface area contributed by atoms with Crippen LogP contribution in [0, 0.1) is 6.92 Å². The molecule has 0 saturated heterocycles. The fourth-order valence-electron chi connectivity index (χ4n) is 3.52. The van der Waals surface area contributed by atoms with Crippen LogP contribution in [-0.2, 0) is 11.3 Å². The van der Waals surface area contributed by atoms with Crippen molar-refractivity contribution in [1.82, 2.24) is 4.57 Å². The minimum atomic E-state index is -0.540. The minimum Gasteiger partial charge on any atom is -0.493 e. The fourth-order valence-corrected chi connectivity index (χ4v) is 3.52. The van der Waals surface area contributed by atoms with E-state index in [9.17, 15) is 9.90 Å². The van der Waals surface area contributed by atoms with Gasteiger partial charge in [0.25, 0.3) is 0 Å². The zero-order valence-corrected chi connectivity index (χ0v) is 18.3. The normalized spacial score (nSPS) is 11.2. The maximum absolute atomic E-state index is 12.1. The molecule has 0 atom stereocenters. The Labute approximate surface area is 191 Å². The van der Waals surface area contributed by atoms with Crippen LogP contribution in [0.1, 0.15) is 12.0 Å². The molecule has 0 aliphatic rings. The second kappa shape index (κ2) is 10.5. The van der Waals surface area contributed by atoms with Crippen molar-refractivity contribution in [3.8, 4) is 17.4 Å². The summed E-state index contributed by atoms with van der Waals surface area (Å²) in [4.78, 5) is 12.1. The van der Waals surface area contributed by atoms with Gasteiger partial charge in [-0.05, 0) is 43.2 Å². The summed E-state index contributed by atoms with van der Waals surface area (Å²) in [5.74, 6) is 0.854. The Kier molecular flexibility index (Phi) is 6.99. The molecule has 0 bridgehead atoms. The third kappa shape index (κ3) is 5.38. The van der Waals surface area contributed by atoms with Gasteiger partial charge in [-0.3, -0.25) is 4.79 Å². The molecular formula is C26H25N3O4. The van der Waals surface area contributed by atoms with E-state index in [1.165, 1.54) is 0 Å². The monoisotopic (exact) mass is 443 g/mol. The first kappa shape index (κ1) is 22.1. The Hall–Kier alpha value is -4.13. The first-order valence-electron chi connectivity index (χ1n) is 10.7. The number of para-hydroxylation sites is 3. The molecule has 3 aromatic carbocycles. The second-order valence-electron chi connectivity index (χ2n) is 7.50. The summed E-state index contributed by atoms with van der Waals surface area (Å²) in [6, 6.07) is 24.4. The molecule has 0 saturated carbocycles. The topological polar surface area (TPSA) is 85.4 Å². The summed E-state index contributed by atoms with van der Waals surface area (Å²) in [5.41, 5.74) is 2.15. The van der Waals surface area contributed by atoms with Crippen molar-refractivity contribution >= 4 is 22.5 Å². The average Bonchev–Trinajstić information content (AvgIpc) is 3.11. The molecule has 33 heavy (non-hydrogen) atoms. The van der Waals surface area contributed by atoms with Crippen molar-refractivity contribution in [2.75, 3.05) is 13.2 Å². The molecule has 7 nitrogen and oxygen atoms in total. The minimum absolute atomic E-state index is 0.0346. The summed E-state index contributed by atoms with van der Waals surface area (Å²) >= 11 is 0. The van der Waals surface area contributed by atoms with Gasteiger partial charge in [0.2, 0.25) is 5.88 Å². The van der Waals surface area contributed by atoms with Crippen LogP contribution in [0.15, 0.2) is 89.1 Å². The standard InChI is InChI=1S/C26H25N3O4/c1-19-10-5-8-15-23(19)32-17-9-16-29-22-14-7-6-13-21(22)25(26(29)31)28-27-24(30)18-33-20-11-3-2-4-12-20/h2-8,10-15,31H,9,16-18H2,1H3. The van der Waals surface area contributed by atoms with Gasteiger partial charge in [-0.1, -0.05) is 54.6 Å². The summed E-state index contributed by atoms with van der Waals surface area (Å²) in [6.45, 7) is 2.80. The lowest BCUT2D eigenvalue weighted by Gasteiger charge is -2.10. The van der Waals surface area contributed by atoms with E-state index in [0.717, 1.165) is 22.2 Å². The number of benzene rings is 3. The molecule has 0 radical (unpaired) electrons. The third-order valence-electron chi connectivity index (χ3n) is 5.16. The van der Waals surface area contributed by atoms with Gasteiger partial charge < -0.3 is 19.1 Å². The second-order valence-corrected chi connectivity index (χ2v) is 7.50. The van der Waals surface area contributed by atoms with E-state index in [0.29, 0.717) is 25.3 Å². The van der Waals surface area contributed by atoms with Crippen molar-refractivity contribution < 1.29 is 19.4 Å². The zero-order valence-electron chi connectivity index (χ0n) is 18.3. The highest BCUT2D eigenvalue weighted by atomic mass is 16.5. The first-order chi connectivity index (χ1) is 16.1. The summed E-state index contributed by atoms with van der Waals surface area (Å²) in [7, 11) is 0. The molecule has 1 amide bonds. The number of fused-ring (bicyclic) bond motifs is 1. The maximum Gasteiger partial charge on any atom is 0.302 e. The number of aryl methyl sites for hydroxylation is 2. The highest BCUT2D eigenvalue weighted by molar-refractivity contribution is 5.95. The zero-order chi connectivity index (χ0) is 23.0. The molecule has 1 heterocycles. The molecule has 4 rings (SSSR count). The molecule has 0 unspecified atom stereocenters. The van der Waals surface area contributed by atoms with Crippen molar-refractivity contribution in [3.63, 3.8) is 0 Å². The number of aromatic nitrogens is 1. The highest BCUT2D eigenvalue weighted by Crippen LogP contribution is 2.38. The summed E-state index contributed by atoms with van der Waals surface area (Å²) in [6.07, 6.45) is 0.682. The van der Waals surface area contributed by atoms with Gasteiger partial charge >= 0.3 is 5.91 Å². The molecule has 0 spiro atoms. The van der Waals surface area contributed by atoms with Gasteiger partial charge in [-0.2, -0.15) is 0 Å². The van der Waals surface area contributed by atoms with Gasteiger partial charge in [-0.15, -0.1) is 10.2 Å². The Balaban J connectivity index is 1.43. The molecule has 0 fully saturated rings. The van der Waals surface area contributed by atoms with Crippen LogP contribution in [0.5, 0.6) is 17.4 Å². The highest BCUT2D eigenvalue weighted by Gasteiger charge is 2.16. The third-order valence-corrected chi connectivity index (χ3v) is 5.16. The van der Waals surface area contributed by atoms with E-state index >= 15 is 0 Å². The van der Waals surface area contributed by atoms with Crippen LogP contribution in [0.25, 0.3) is 10.9 Å². The number of carbonyl (C=O) groups is 1. The molecule has 7 heteroatoms. The summed E-state index contributed by atoms with van der Waals surface area (Å²) < 4.78 is 13.0. The van der Waals surface area contributed by atoms with Crippen LogP contribution in [0.3, 0.4) is 0 Å². The first-order valence-corrected chi connectivity index (χ1v) is 10.7. The van der Waals surface area contributed by atoms with Crippen molar-refractivity contribution in [2.45, 2.75) is 19.9 Å². The number of nitrogens with zero attached hydrogens (tertiary/aromatic N) is 3. The van der Waals surface area contributed by atoms with E-state index < -0.39 is 5.91 Å². The van der Waals surface area contributed by atoms with E-state index in [4.69, 9.17) is 9.47 Å². The Bertz CT molecular complexity index is 1270. The molecular weight excluding hydrogens is 418 g/mol. The molecule has 0 aliphatic carbocycles. The lowest BCUT2D eigenvalue weighted by molar-refractivity contribution is -0.120. The fraction of sp³-hybridized carbons (Fsp3) is 0.192. The molecule has 1 N–H and O–H groups in total. The van der Waals surface area contributed by atoms with Crippen LogP contribution in [-0.4, -0.2) is 28.8 Å². The SMILES string of the molecule is Cc1ccccc1OCCCn1c(O)c(N=NC(=O)COc2ccccc2)c2ccccc21. The number of ether oxygens (including phenoxy) is 2. The predicted octanol–water partition coefficient (Wildman–Crippen LogP) is 5.81. The van der Waals surface area contributed by atoms with Gasteiger partial charge in [-0.25, -0.2) is 0 Å². The molecule has 1 aromatic heterocycles. The smallest absolute Gasteiger partial charge is 0.302 e. The molecule has 168 valence electrons. The number of rotatable bonds is 9. The van der Waals surface area contributed by atoms with Gasteiger partial charge in [0, 0.05) is 11.9 Å². The Morgan fingerprint density at radius 1 is 0.939 bits per heavy atom. The van der Waals surface area contributed by atoms with Crippen LogP contribution < -0.4 is 9.47 Å². The van der Waals surface area contributed by atoms with Crippen molar-refractivity contribution in [3.05, 3.63) is 84.4 Å². The van der Waals surface area contributed by atoms with Gasteiger partial charge in [0.1, 0.15) is 11.5 Å². The number of amides is 1. The number of aromatic hydroxyl groups is 1. The van der Waals surface area contributed by atoms with Crippen molar-refractivity contribution in [2.24, 2.45) is 10.2 Å². The van der Waals surface area contributed by atoms with E-state index in [1.807, 2.05) is 73.7 Å². The Morgan fingerprint density at radius 3 is 2.48 bits per heavy atom.